The van der Waals surface area contributed by atoms with Crippen molar-refractivity contribution in [3.05, 3.63) is 58.1 Å². The molecule has 0 saturated heterocycles. The topological polar surface area (TPSA) is 89.7 Å². The van der Waals surface area contributed by atoms with E-state index in [0.29, 0.717) is 30.0 Å². The van der Waals surface area contributed by atoms with Crippen LogP contribution in [0.3, 0.4) is 0 Å². The molecule has 0 aliphatic carbocycles. The summed E-state index contributed by atoms with van der Waals surface area (Å²) in [5.41, 5.74) is 0.982. The third kappa shape index (κ3) is 5.29. The Labute approximate surface area is 155 Å². The second-order valence-corrected chi connectivity index (χ2v) is 8.03. The van der Waals surface area contributed by atoms with Crippen LogP contribution in [0.4, 0.5) is 0 Å². The maximum Gasteiger partial charge on any atom is 0.254 e. The molecule has 0 heterocycles. The van der Waals surface area contributed by atoms with Crippen molar-refractivity contribution in [2.75, 3.05) is 20.2 Å². The van der Waals surface area contributed by atoms with Gasteiger partial charge in [0.05, 0.1) is 11.4 Å². The number of ether oxygens (including phenoxy) is 1. The van der Waals surface area contributed by atoms with Crippen molar-refractivity contribution in [2.45, 2.75) is 11.8 Å². The average Bonchev–Trinajstić information content (AvgIpc) is 2.55. The van der Waals surface area contributed by atoms with E-state index in [2.05, 4.69) is 15.9 Å². The largest absolute Gasteiger partial charge is 0.492 e. The van der Waals surface area contributed by atoms with Crippen LogP contribution in [0.2, 0.25) is 0 Å². The highest BCUT2D eigenvalue weighted by Crippen LogP contribution is 2.17. The summed E-state index contributed by atoms with van der Waals surface area (Å²) >= 11 is 3.35. The van der Waals surface area contributed by atoms with Gasteiger partial charge in [-0.3, -0.25) is 4.79 Å². The summed E-state index contributed by atoms with van der Waals surface area (Å²) in [5.74, 6) is 0.416. The first kappa shape index (κ1) is 19.4. The summed E-state index contributed by atoms with van der Waals surface area (Å²) in [7, 11) is -2.22. The van der Waals surface area contributed by atoms with Crippen molar-refractivity contribution in [3.63, 3.8) is 0 Å². The van der Waals surface area contributed by atoms with Gasteiger partial charge in [0.1, 0.15) is 12.4 Å². The number of carbonyl (C=O) groups excluding carboxylic acids is 1. The molecule has 2 aromatic rings. The lowest BCUT2D eigenvalue weighted by Crippen LogP contribution is -2.31. The number of rotatable bonds is 6. The highest BCUT2D eigenvalue weighted by Gasteiger charge is 2.17. The molecule has 25 heavy (non-hydrogen) atoms. The van der Waals surface area contributed by atoms with Crippen LogP contribution in [0.25, 0.3) is 0 Å². The first-order valence-electron chi connectivity index (χ1n) is 7.46. The molecule has 0 radical (unpaired) electrons. The number of benzene rings is 2. The Kier molecular flexibility index (Phi) is 6.21. The second kappa shape index (κ2) is 7.99. The molecule has 2 rings (SSSR count). The number of nitrogens with two attached hydrogens (primary N) is 1. The zero-order valence-electron chi connectivity index (χ0n) is 13.9. The number of hydrogen-bond donors (Lipinski definition) is 1. The zero-order chi connectivity index (χ0) is 18.6. The molecular formula is C17H19BrN2O4S. The molecular weight excluding hydrogens is 408 g/mol. The van der Waals surface area contributed by atoms with Crippen molar-refractivity contribution in [1.29, 1.82) is 0 Å². The predicted octanol–water partition coefficient (Wildman–Crippen LogP) is 2.56. The predicted molar refractivity (Wildman–Crippen MR) is 99.1 cm³/mol. The van der Waals surface area contributed by atoms with E-state index in [0.717, 1.165) is 4.47 Å². The standard InChI is InChI=1S/C17H19BrN2O4S/c1-12-3-8-15(25(19,22)23)11-16(12)17(21)20(2)9-10-24-14-6-4-13(18)5-7-14/h3-8,11H,9-10H2,1-2H3,(H2,19,22,23). The minimum Gasteiger partial charge on any atom is -0.492 e. The average molecular weight is 427 g/mol. The van der Waals surface area contributed by atoms with E-state index in [9.17, 15) is 13.2 Å². The first-order chi connectivity index (χ1) is 11.7. The summed E-state index contributed by atoms with van der Waals surface area (Å²) in [6.07, 6.45) is 0. The maximum atomic E-state index is 12.6. The number of amides is 1. The van der Waals surface area contributed by atoms with Crippen LogP contribution in [0.5, 0.6) is 5.75 Å². The normalized spacial score (nSPS) is 11.2. The van der Waals surface area contributed by atoms with Gasteiger partial charge < -0.3 is 9.64 Å². The highest BCUT2D eigenvalue weighted by atomic mass is 79.9. The van der Waals surface area contributed by atoms with Crippen LogP contribution < -0.4 is 9.88 Å². The van der Waals surface area contributed by atoms with Crippen LogP contribution in [0.1, 0.15) is 15.9 Å². The van der Waals surface area contributed by atoms with Gasteiger partial charge in [0.2, 0.25) is 10.0 Å². The Hall–Kier alpha value is -1.90. The molecule has 0 saturated carbocycles. The number of halogens is 1. The fourth-order valence-corrected chi connectivity index (χ4v) is 2.95. The van der Waals surface area contributed by atoms with Gasteiger partial charge in [0, 0.05) is 17.1 Å². The first-order valence-corrected chi connectivity index (χ1v) is 9.79. The molecule has 1 amide bonds. The van der Waals surface area contributed by atoms with E-state index in [-0.39, 0.29) is 10.8 Å². The van der Waals surface area contributed by atoms with E-state index in [4.69, 9.17) is 9.88 Å². The lowest BCUT2D eigenvalue weighted by Gasteiger charge is -2.19. The van der Waals surface area contributed by atoms with E-state index in [1.54, 1.807) is 20.0 Å². The van der Waals surface area contributed by atoms with Crippen molar-refractivity contribution in [3.8, 4) is 5.75 Å². The van der Waals surface area contributed by atoms with Gasteiger partial charge in [-0.15, -0.1) is 0 Å². The minimum absolute atomic E-state index is 0.0824. The molecule has 6 nitrogen and oxygen atoms in total. The molecule has 0 aliphatic heterocycles. The monoisotopic (exact) mass is 426 g/mol. The third-order valence-corrected chi connectivity index (χ3v) is 5.06. The summed E-state index contributed by atoms with van der Waals surface area (Å²) in [4.78, 5) is 14.0. The molecule has 0 fully saturated rings. The summed E-state index contributed by atoms with van der Waals surface area (Å²) in [6, 6.07) is 11.6. The third-order valence-electron chi connectivity index (χ3n) is 3.62. The molecule has 0 spiro atoms. The van der Waals surface area contributed by atoms with Crippen molar-refractivity contribution in [1.82, 2.24) is 4.90 Å². The molecule has 0 bridgehead atoms. The fourth-order valence-electron chi connectivity index (χ4n) is 2.15. The maximum absolute atomic E-state index is 12.6. The molecule has 0 atom stereocenters. The van der Waals surface area contributed by atoms with Gasteiger partial charge in [0.15, 0.2) is 0 Å². The van der Waals surface area contributed by atoms with Crippen molar-refractivity contribution < 1.29 is 17.9 Å². The van der Waals surface area contributed by atoms with Crippen LogP contribution in [-0.2, 0) is 10.0 Å². The molecule has 0 unspecified atom stereocenters. The highest BCUT2D eigenvalue weighted by molar-refractivity contribution is 9.10. The number of nitrogens with zero attached hydrogens (tertiary/aromatic N) is 1. The van der Waals surface area contributed by atoms with Crippen LogP contribution in [0, 0.1) is 6.92 Å². The summed E-state index contributed by atoms with van der Waals surface area (Å²) < 4.78 is 29.5. The summed E-state index contributed by atoms with van der Waals surface area (Å²) in [5, 5.41) is 5.13. The number of sulfonamides is 1. The van der Waals surface area contributed by atoms with Gasteiger partial charge >= 0.3 is 0 Å². The molecule has 8 heteroatoms. The number of aryl methyl sites for hydroxylation is 1. The number of carbonyl (C=O) groups is 1. The Bertz CT molecular complexity index is 867. The van der Waals surface area contributed by atoms with E-state index in [1.807, 2.05) is 24.3 Å². The summed E-state index contributed by atoms with van der Waals surface area (Å²) in [6.45, 7) is 2.41. The van der Waals surface area contributed by atoms with E-state index < -0.39 is 10.0 Å². The zero-order valence-corrected chi connectivity index (χ0v) is 16.3. The molecule has 2 aromatic carbocycles. The molecule has 134 valence electrons. The quantitative estimate of drug-likeness (QED) is 0.768. The number of hydrogen-bond acceptors (Lipinski definition) is 4. The molecule has 0 aromatic heterocycles. The lowest BCUT2D eigenvalue weighted by molar-refractivity contribution is 0.0773. The lowest BCUT2D eigenvalue weighted by atomic mass is 10.1. The Morgan fingerprint density at radius 1 is 1.20 bits per heavy atom. The van der Waals surface area contributed by atoms with Crippen LogP contribution >= 0.6 is 15.9 Å². The smallest absolute Gasteiger partial charge is 0.254 e. The molecule has 2 N–H and O–H groups in total. The second-order valence-electron chi connectivity index (χ2n) is 5.55. The van der Waals surface area contributed by atoms with Gasteiger partial charge in [0.25, 0.3) is 5.91 Å². The minimum atomic E-state index is -3.86. The number of likely N-dealkylation sites (N-methyl/N-ethyl adjacent to an activating group) is 1. The van der Waals surface area contributed by atoms with Crippen LogP contribution in [0.15, 0.2) is 51.8 Å². The van der Waals surface area contributed by atoms with Crippen LogP contribution in [-0.4, -0.2) is 39.4 Å². The van der Waals surface area contributed by atoms with Crippen molar-refractivity contribution in [2.24, 2.45) is 5.14 Å². The fraction of sp³-hybridized carbons (Fsp3) is 0.235. The van der Waals surface area contributed by atoms with E-state index in [1.165, 1.54) is 17.0 Å². The SMILES string of the molecule is Cc1ccc(S(N)(=O)=O)cc1C(=O)N(C)CCOc1ccc(Br)cc1. The Morgan fingerprint density at radius 3 is 2.44 bits per heavy atom. The number of primary sulfonamides is 1. The van der Waals surface area contributed by atoms with Gasteiger partial charge in [-0.25, -0.2) is 13.6 Å². The van der Waals surface area contributed by atoms with Gasteiger partial charge in [-0.1, -0.05) is 22.0 Å². The Morgan fingerprint density at radius 2 is 1.84 bits per heavy atom. The Balaban J connectivity index is 2.03. The van der Waals surface area contributed by atoms with E-state index >= 15 is 0 Å². The van der Waals surface area contributed by atoms with Gasteiger partial charge in [-0.2, -0.15) is 0 Å². The van der Waals surface area contributed by atoms with Gasteiger partial charge in [-0.05, 0) is 48.9 Å². The molecule has 0 aliphatic rings. The van der Waals surface area contributed by atoms with Crippen molar-refractivity contribution >= 4 is 31.9 Å².